The van der Waals surface area contributed by atoms with Gasteiger partial charge in [-0.2, -0.15) is 0 Å². The van der Waals surface area contributed by atoms with Crippen molar-refractivity contribution in [1.82, 2.24) is 0 Å². The van der Waals surface area contributed by atoms with E-state index in [1.807, 2.05) is 25.1 Å². The Morgan fingerprint density at radius 1 is 1.36 bits per heavy atom. The Kier molecular flexibility index (Phi) is 7.49. The minimum atomic E-state index is -0.837. The molecule has 0 aromatic heterocycles. The van der Waals surface area contributed by atoms with Crippen molar-refractivity contribution in [3.8, 4) is 5.75 Å². The summed E-state index contributed by atoms with van der Waals surface area (Å²) in [4.78, 5) is 10.9. The molecule has 1 amide bonds. The van der Waals surface area contributed by atoms with Gasteiger partial charge in [0.1, 0.15) is 12.4 Å². The number of primary amides is 1. The van der Waals surface area contributed by atoms with Crippen LogP contribution in [0.4, 0.5) is 4.79 Å². The SMILES string of the molecule is CC1CC(O)CC(Oc2cc(CCCCN)ccc2COC(N)=O)O1. The first-order valence-corrected chi connectivity index (χ1v) is 8.72. The number of amides is 1. The van der Waals surface area contributed by atoms with Gasteiger partial charge in [0.05, 0.1) is 12.2 Å². The molecule has 1 aromatic rings. The molecular formula is C18H28N2O5. The lowest BCUT2D eigenvalue weighted by Crippen LogP contribution is -2.37. The number of hydrogen-bond acceptors (Lipinski definition) is 6. The summed E-state index contributed by atoms with van der Waals surface area (Å²) in [5.74, 6) is 0.581. The third kappa shape index (κ3) is 6.53. The van der Waals surface area contributed by atoms with E-state index >= 15 is 0 Å². The van der Waals surface area contributed by atoms with Gasteiger partial charge in [0.2, 0.25) is 6.29 Å². The van der Waals surface area contributed by atoms with E-state index in [9.17, 15) is 9.90 Å². The molecule has 0 saturated carbocycles. The third-order valence-corrected chi connectivity index (χ3v) is 4.13. The molecule has 25 heavy (non-hydrogen) atoms. The van der Waals surface area contributed by atoms with Crippen molar-refractivity contribution in [3.63, 3.8) is 0 Å². The molecule has 2 rings (SSSR count). The maximum Gasteiger partial charge on any atom is 0.404 e. The van der Waals surface area contributed by atoms with Crippen molar-refractivity contribution in [2.24, 2.45) is 11.5 Å². The molecule has 1 aliphatic rings. The van der Waals surface area contributed by atoms with Crippen molar-refractivity contribution >= 4 is 6.09 Å². The Balaban J connectivity index is 2.11. The Morgan fingerprint density at radius 3 is 2.84 bits per heavy atom. The summed E-state index contributed by atoms with van der Waals surface area (Å²) in [6.45, 7) is 2.59. The molecule has 0 aliphatic carbocycles. The average Bonchev–Trinajstić information content (AvgIpc) is 2.53. The molecule has 1 fully saturated rings. The van der Waals surface area contributed by atoms with Gasteiger partial charge in [0.25, 0.3) is 0 Å². The minimum absolute atomic E-state index is 0.0264. The van der Waals surface area contributed by atoms with Crippen molar-refractivity contribution < 1.29 is 24.1 Å². The monoisotopic (exact) mass is 352 g/mol. The maximum atomic E-state index is 10.9. The summed E-state index contributed by atoms with van der Waals surface area (Å²) in [5, 5.41) is 9.91. The Hall–Kier alpha value is -1.83. The van der Waals surface area contributed by atoms with Gasteiger partial charge in [-0.15, -0.1) is 0 Å². The van der Waals surface area contributed by atoms with Gasteiger partial charge >= 0.3 is 6.09 Å². The summed E-state index contributed by atoms with van der Waals surface area (Å²) in [5.41, 5.74) is 12.4. The van der Waals surface area contributed by atoms with Gasteiger partial charge in [-0.3, -0.25) is 0 Å². The van der Waals surface area contributed by atoms with Crippen LogP contribution in [0.2, 0.25) is 0 Å². The van der Waals surface area contributed by atoms with Gasteiger partial charge in [0, 0.05) is 12.0 Å². The molecule has 140 valence electrons. The Morgan fingerprint density at radius 2 is 2.16 bits per heavy atom. The van der Waals surface area contributed by atoms with Gasteiger partial charge in [-0.25, -0.2) is 4.79 Å². The number of benzene rings is 1. The zero-order chi connectivity index (χ0) is 18.2. The van der Waals surface area contributed by atoms with Gasteiger partial charge in [-0.1, -0.05) is 12.1 Å². The number of aliphatic hydroxyl groups is 1. The molecular weight excluding hydrogens is 324 g/mol. The molecule has 1 heterocycles. The summed E-state index contributed by atoms with van der Waals surface area (Å²) in [6.07, 6.45) is 1.92. The number of aliphatic hydroxyl groups excluding tert-OH is 1. The predicted octanol–water partition coefficient (Wildman–Crippen LogP) is 1.83. The number of aryl methyl sites for hydroxylation is 1. The van der Waals surface area contributed by atoms with Crippen LogP contribution in [0.15, 0.2) is 18.2 Å². The highest BCUT2D eigenvalue weighted by Gasteiger charge is 2.27. The van der Waals surface area contributed by atoms with Crippen molar-refractivity contribution in [3.05, 3.63) is 29.3 Å². The van der Waals surface area contributed by atoms with Crippen molar-refractivity contribution in [1.29, 1.82) is 0 Å². The number of rotatable bonds is 8. The summed E-state index contributed by atoms with van der Waals surface area (Å²) in [7, 11) is 0. The molecule has 1 saturated heterocycles. The zero-order valence-corrected chi connectivity index (χ0v) is 14.6. The fourth-order valence-corrected chi connectivity index (χ4v) is 2.89. The van der Waals surface area contributed by atoms with Crippen LogP contribution < -0.4 is 16.2 Å². The second-order valence-electron chi connectivity index (χ2n) is 6.41. The van der Waals surface area contributed by atoms with Crippen LogP contribution in [0.3, 0.4) is 0 Å². The lowest BCUT2D eigenvalue weighted by molar-refractivity contribution is -0.170. The summed E-state index contributed by atoms with van der Waals surface area (Å²) >= 11 is 0. The lowest BCUT2D eigenvalue weighted by Gasteiger charge is -2.31. The maximum absolute atomic E-state index is 10.9. The lowest BCUT2D eigenvalue weighted by atomic mass is 10.0. The first kappa shape index (κ1) is 19.5. The first-order valence-electron chi connectivity index (χ1n) is 8.72. The number of ether oxygens (including phenoxy) is 3. The average molecular weight is 352 g/mol. The highest BCUT2D eigenvalue weighted by molar-refractivity contribution is 5.64. The first-order chi connectivity index (χ1) is 12.0. The summed E-state index contributed by atoms with van der Waals surface area (Å²) < 4.78 is 16.6. The van der Waals surface area contributed by atoms with Crippen LogP contribution in [0.5, 0.6) is 5.75 Å². The normalized spacial score (nSPS) is 23.2. The van der Waals surface area contributed by atoms with Crippen LogP contribution >= 0.6 is 0 Å². The third-order valence-electron chi connectivity index (χ3n) is 4.13. The Bertz CT molecular complexity index is 556. The van der Waals surface area contributed by atoms with Crippen LogP contribution in [0, 0.1) is 0 Å². The number of carbonyl (C=O) groups is 1. The van der Waals surface area contributed by atoms with Crippen LogP contribution in [-0.4, -0.2) is 36.2 Å². The fourth-order valence-electron chi connectivity index (χ4n) is 2.89. The van der Waals surface area contributed by atoms with E-state index in [1.165, 1.54) is 0 Å². The van der Waals surface area contributed by atoms with Gasteiger partial charge in [-0.05, 0) is 50.8 Å². The highest BCUT2D eigenvalue weighted by Crippen LogP contribution is 2.28. The molecule has 7 heteroatoms. The molecule has 0 spiro atoms. The predicted molar refractivity (Wildman–Crippen MR) is 93.0 cm³/mol. The molecule has 0 bridgehead atoms. The van der Waals surface area contributed by atoms with E-state index < -0.39 is 18.5 Å². The molecule has 1 aromatic carbocycles. The van der Waals surface area contributed by atoms with Crippen LogP contribution in [-0.2, 0) is 22.5 Å². The van der Waals surface area contributed by atoms with Gasteiger partial charge in [0.15, 0.2) is 0 Å². The minimum Gasteiger partial charge on any atom is -0.464 e. The number of unbranched alkanes of at least 4 members (excludes halogenated alkanes) is 1. The number of nitrogens with two attached hydrogens (primary N) is 2. The van der Waals surface area contributed by atoms with E-state index in [1.54, 1.807) is 0 Å². The Labute approximate surface area is 148 Å². The van der Waals surface area contributed by atoms with E-state index in [-0.39, 0.29) is 12.7 Å². The molecule has 5 N–H and O–H groups in total. The topological polar surface area (TPSA) is 117 Å². The molecule has 1 aliphatic heterocycles. The second kappa shape index (κ2) is 9.60. The quantitative estimate of drug-likeness (QED) is 0.615. The van der Waals surface area contributed by atoms with E-state index in [4.69, 9.17) is 25.7 Å². The van der Waals surface area contributed by atoms with E-state index in [0.29, 0.717) is 30.7 Å². The van der Waals surface area contributed by atoms with Crippen LogP contribution in [0.25, 0.3) is 0 Å². The summed E-state index contributed by atoms with van der Waals surface area (Å²) in [6, 6.07) is 5.76. The highest BCUT2D eigenvalue weighted by atomic mass is 16.7. The van der Waals surface area contributed by atoms with Crippen molar-refractivity contribution in [2.75, 3.05) is 6.54 Å². The van der Waals surface area contributed by atoms with Crippen molar-refractivity contribution in [2.45, 2.75) is 64.1 Å². The number of hydrogen-bond donors (Lipinski definition) is 3. The van der Waals surface area contributed by atoms with E-state index in [2.05, 4.69) is 0 Å². The largest absolute Gasteiger partial charge is 0.464 e. The zero-order valence-electron chi connectivity index (χ0n) is 14.6. The smallest absolute Gasteiger partial charge is 0.404 e. The van der Waals surface area contributed by atoms with E-state index in [0.717, 1.165) is 24.8 Å². The standard InChI is InChI=1S/C18H28N2O5/c1-12-8-15(21)10-17(24-12)25-16-9-13(4-2-3-7-19)5-6-14(16)11-23-18(20)22/h5-6,9,12,15,17,21H,2-4,7-8,10-11,19H2,1H3,(H2,20,22). The number of carbonyl (C=O) groups excluding carboxylic acids is 1. The fraction of sp³-hybridized carbons (Fsp3) is 0.611. The molecule has 3 unspecified atom stereocenters. The molecule has 7 nitrogen and oxygen atoms in total. The second-order valence-corrected chi connectivity index (χ2v) is 6.41. The molecule has 0 radical (unpaired) electrons. The molecule has 3 atom stereocenters. The van der Waals surface area contributed by atoms with Crippen LogP contribution in [0.1, 0.15) is 43.7 Å². The van der Waals surface area contributed by atoms with Gasteiger partial charge < -0.3 is 30.8 Å².